The Morgan fingerprint density at radius 3 is 1.87 bits per heavy atom. The number of rotatable bonds is 8. The number of hydrogen-bond donors (Lipinski definition) is 1. The zero-order chi connectivity index (χ0) is 11.8. The Balaban J connectivity index is 3.62. The minimum absolute atomic E-state index is 0.0320. The van der Waals surface area contributed by atoms with E-state index in [0.717, 1.165) is 0 Å². The molecular weight excluding hydrogens is 196 g/mol. The van der Waals surface area contributed by atoms with Crippen molar-refractivity contribution >= 4 is 17.5 Å². The topological polar surface area (TPSA) is 71.4 Å². The summed E-state index contributed by atoms with van der Waals surface area (Å²) >= 11 is 0. The van der Waals surface area contributed by atoms with Gasteiger partial charge in [0, 0.05) is 25.7 Å². The molecule has 0 aromatic rings. The van der Waals surface area contributed by atoms with Crippen molar-refractivity contribution in [2.75, 3.05) is 0 Å². The van der Waals surface area contributed by atoms with Crippen molar-refractivity contribution in [1.82, 2.24) is 0 Å². The first-order chi connectivity index (χ1) is 6.91. The van der Waals surface area contributed by atoms with Crippen LogP contribution >= 0.6 is 0 Å². The van der Waals surface area contributed by atoms with Gasteiger partial charge in [-0.25, -0.2) is 0 Å². The first-order valence-corrected chi connectivity index (χ1v) is 5.17. The zero-order valence-corrected chi connectivity index (χ0v) is 9.28. The molecule has 86 valence electrons. The lowest BCUT2D eigenvalue weighted by Gasteiger charge is -2.02. The van der Waals surface area contributed by atoms with Crippen LogP contribution in [0.2, 0.25) is 0 Å². The second kappa shape index (κ2) is 7.15. The highest BCUT2D eigenvalue weighted by molar-refractivity contribution is 5.87. The monoisotopic (exact) mass is 214 g/mol. The molecule has 0 aliphatic heterocycles. The van der Waals surface area contributed by atoms with Gasteiger partial charge < -0.3 is 5.11 Å². The van der Waals surface area contributed by atoms with Gasteiger partial charge in [-0.2, -0.15) is 0 Å². The molecule has 4 heteroatoms. The number of ketones is 2. The van der Waals surface area contributed by atoms with Gasteiger partial charge in [0.2, 0.25) is 0 Å². The number of carboxylic acid groups (broad SMARTS) is 1. The van der Waals surface area contributed by atoms with Crippen molar-refractivity contribution in [3.05, 3.63) is 0 Å². The molecule has 0 rings (SSSR count). The predicted molar refractivity (Wildman–Crippen MR) is 55.6 cm³/mol. The fourth-order valence-electron chi connectivity index (χ4n) is 1.21. The molecule has 0 aliphatic rings. The molecule has 0 saturated heterocycles. The lowest BCUT2D eigenvalue weighted by Crippen LogP contribution is -2.08. The fourth-order valence-corrected chi connectivity index (χ4v) is 1.21. The molecule has 0 spiro atoms. The Labute approximate surface area is 89.7 Å². The van der Waals surface area contributed by atoms with E-state index in [9.17, 15) is 14.4 Å². The molecule has 4 nitrogen and oxygen atoms in total. The van der Waals surface area contributed by atoms with Crippen molar-refractivity contribution in [3.8, 4) is 0 Å². The van der Waals surface area contributed by atoms with Gasteiger partial charge in [0.1, 0.15) is 11.6 Å². The third kappa shape index (κ3) is 9.12. The van der Waals surface area contributed by atoms with Gasteiger partial charge in [0.05, 0.1) is 6.42 Å². The van der Waals surface area contributed by atoms with E-state index in [2.05, 4.69) is 0 Å². The van der Waals surface area contributed by atoms with E-state index in [1.54, 1.807) is 0 Å². The van der Waals surface area contributed by atoms with Crippen molar-refractivity contribution in [2.45, 2.75) is 46.0 Å². The van der Waals surface area contributed by atoms with Crippen LogP contribution in [0, 0.1) is 5.92 Å². The molecule has 0 aromatic carbocycles. The van der Waals surface area contributed by atoms with Crippen LogP contribution in [0.15, 0.2) is 0 Å². The average molecular weight is 214 g/mol. The van der Waals surface area contributed by atoms with Gasteiger partial charge in [0.25, 0.3) is 0 Å². The summed E-state index contributed by atoms with van der Waals surface area (Å²) in [6.07, 6.45) is 0.809. The normalized spacial score (nSPS) is 10.3. The highest BCUT2D eigenvalue weighted by atomic mass is 16.4. The van der Waals surface area contributed by atoms with E-state index in [4.69, 9.17) is 5.11 Å². The smallest absolute Gasteiger partial charge is 0.303 e. The van der Waals surface area contributed by atoms with Crippen LogP contribution in [0.5, 0.6) is 0 Å². The number of carboxylic acids is 1. The molecule has 0 amide bonds. The minimum Gasteiger partial charge on any atom is -0.481 e. The van der Waals surface area contributed by atoms with Crippen LogP contribution in [0.3, 0.4) is 0 Å². The number of carbonyl (C=O) groups excluding carboxylic acids is 2. The summed E-state index contributed by atoms with van der Waals surface area (Å²) < 4.78 is 0. The van der Waals surface area contributed by atoms with Gasteiger partial charge in [-0.15, -0.1) is 0 Å². The number of carbonyl (C=O) groups is 3. The lowest BCUT2D eigenvalue weighted by molar-refractivity contribution is -0.138. The summed E-state index contributed by atoms with van der Waals surface area (Å²) in [4.78, 5) is 32.5. The second-order valence-electron chi connectivity index (χ2n) is 4.07. The summed E-state index contributed by atoms with van der Waals surface area (Å²) in [5.74, 6) is -0.730. The molecular formula is C11H18O4. The molecule has 0 radical (unpaired) electrons. The third-order valence-corrected chi connectivity index (χ3v) is 1.94. The first-order valence-electron chi connectivity index (χ1n) is 5.17. The van der Waals surface area contributed by atoms with Crippen molar-refractivity contribution in [2.24, 2.45) is 5.92 Å². The summed E-state index contributed by atoms with van der Waals surface area (Å²) in [5.41, 5.74) is 0. The standard InChI is InChI=1S/C11H18O4/c1-8(2)7-10(13)4-3-9(12)5-6-11(14)15/h8H,3-7H2,1-2H3,(H,14,15). The van der Waals surface area contributed by atoms with Gasteiger partial charge in [-0.05, 0) is 5.92 Å². The van der Waals surface area contributed by atoms with Crippen molar-refractivity contribution < 1.29 is 19.5 Å². The maximum absolute atomic E-state index is 11.2. The first kappa shape index (κ1) is 13.8. The van der Waals surface area contributed by atoms with E-state index in [0.29, 0.717) is 12.3 Å². The highest BCUT2D eigenvalue weighted by Gasteiger charge is 2.09. The van der Waals surface area contributed by atoms with E-state index in [-0.39, 0.29) is 37.2 Å². The Morgan fingerprint density at radius 1 is 0.933 bits per heavy atom. The molecule has 0 atom stereocenters. The summed E-state index contributed by atoms with van der Waals surface area (Å²) in [6, 6.07) is 0. The molecule has 15 heavy (non-hydrogen) atoms. The van der Waals surface area contributed by atoms with Gasteiger partial charge in [-0.3, -0.25) is 14.4 Å². The van der Waals surface area contributed by atoms with Crippen LogP contribution in [0.25, 0.3) is 0 Å². The Hall–Kier alpha value is -1.19. The Bertz CT molecular complexity index is 243. The van der Waals surface area contributed by atoms with Crippen molar-refractivity contribution in [1.29, 1.82) is 0 Å². The van der Waals surface area contributed by atoms with Crippen LogP contribution in [0.4, 0.5) is 0 Å². The number of hydrogen-bond acceptors (Lipinski definition) is 3. The molecule has 0 bridgehead atoms. The molecule has 0 aliphatic carbocycles. The maximum atomic E-state index is 11.2. The number of Topliss-reactive ketones (excluding diaryl/α,β-unsaturated/α-hetero) is 2. The van der Waals surface area contributed by atoms with Crippen LogP contribution in [-0.2, 0) is 14.4 Å². The van der Waals surface area contributed by atoms with Gasteiger partial charge in [-0.1, -0.05) is 13.8 Å². The van der Waals surface area contributed by atoms with Crippen molar-refractivity contribution in [3.63, 3.8) is 0 Å². The second-order valence-corrected chi connectivity index (χ2v) is 4.07. The quantitative estimate of drug-likeness (QED) is 0.669. The van der Waals surface area contributed by atoms with Gasteiger partial charge in [0.15, 0.2) is 0 Å². The lowest BCUT2D eigenvalue weighted by atomic mass is 10.0. The van der Waals surface area contributed by atoms with E-state index < -0.39 is 5.97 Å². The highest BCUT2D eigenvalue weighted by Crippen LogP contribution is 2.06. The largest absolute Gasteiger partial charge is 0.481 e. The van der Waals surface area contributed by atoms with Crippen LogP contribution in [-0.4, -0.2) is 22.6 Å². The van der Waals surface area contributed by atoms with Crippen LogP contribution < -0.4 is 0 Å². The predicted octanol–water partition coefficient (Wildman–Crippen LogP) is 1.82. The summed E-state index contributed by atoms with van der Waals surface area (Å²) in [5, 5.41) is 8.34. The van der Waals surface area contributed by atoms with E-state index in [1.165, 1.54) is 0 Å². The SMILES string of the molecule is CC(C)CC(=O)CCC(=O)CCC(=O)O. The average Bonchev–Trinajstić information content (AvgIpc) is 2.10. The van der Waals surface area contributed by atoms with Crippen LogP contribution in [0.1, 0.15) is 46.0 Å². The van der Waals surface area contributed by atoms with E-state index in [1.807, 2.05) is 13.8 Å². The van der Waals surface area contributed by atoms with E-state index >= 15 is 0 Å². The molecule has 0 aromatic heterocycles. The summed E-state index contributed by atoms with van der Waals surface area (Å²) in [7, 11) is 0. The third-order valence-electron chi connectivity index (χ3n) is 1.94. The molecule has 0 fully saturated rings. The molecule has 0 unspecified atom stereocenters. The molecule has 1 N–H and O–H groups in total. The Kier molecular flexibility index (Phi) is 6.58. The molecule has 0 heterocycles. The zero-order valence-electron chi connectivity index (χ0n) is 9.28. The summed E-state index contributed by atoms with van der Waals surface area (Å²) in [6.45, 7) is 3.90. The number of aliphatic carboxylic acids is 1. The maximum Gasteiger partial charge on any atom is 0.303 e. The molecule has 0 saturated carbocycles. The van der Waals surface area contributed by atoms with Gasteiger partial charge >= 0.3 is 5.97 Å². The fraction of sp³-hybridized carbons (Fsp3) is 0.727. The Morgan fingerprint density at radius 2 is 1.40 bits per heavy atom. The minimum atomic E-state index is -0.975.